The summed E-state index contributed by atoms with van der Waals surface area (Å²) in [7, 11) is 0. The fraction of sp³-hybridized carbons (Fsp3) is 0.385. The van der Waals surface area contributed by atoms with Crippen LogP contribution in [0, 0.1) is 11.2 Å². The molecule has 1 aromatic rings. The zero-order chi connectivity index (χ0) is 13.3. The van der Waals surface area contributed by atoms with Crippen LogP contribution < -0.4 is 0 Å². The number of carbonyl (C=O) groups is 2. The van der Waals surface area contributed by atoms with Crippen LogP contribution in [0.15, 0.2) is 18.2 Å². The van der Waals surface area contributed by atoms with Crippen molar-refractivity contribution in [2.24, 2.45) is 5.41 Å². The van der Waals surface area contributed by atoms with E-state index in [1.807, 2.05) is 0 Å². The molecule has 3 nitrogen and oxygen atoms in total. The highest BCUT2D eigenvalue weighted by atomic mass is 35.5. The Labute approximate surface area is 109 Å². The number of ether oxygens (including phenoxy) is 1. The Morgan fingerprint density at radius 2 is 2.28 bits per heavy atom. The van der Waals surface area contributed by atoms with Crippen LogP contribution in [0.4, 0.5) is 4.39 Å². The highest BCUT2D eigenvalue weighted by Crippen LogP contribution is 2.35. The highest BCUT2D eigenvalue weighted by Gasteiger charge is 2.48. The molecule has 96 valence electrons. The van der Waals surface area contributed by atoms with E-state index in [1.165, 1.54) is 25.1 Å². The lowest BCUT2D eigenvalue weighted by Crippen LogP contribution is -2.36. The molecule has 0 spiro atoms. The fourth-order valence-corrected chi connectivity index (χ4v) is 2.36. The smallest absolute Gasteiger partial charge is 0.320 e. The van der Waals surface area contributed by atoms with Crippen LogP contribution in [0.5, 0.6) is 0 Å². The van der Waals surface area contributed by atoms with Crippen LogP contribution in [0.3, 0.4) is 0 Å². The molecule has 1 saturated heterocycles. The first-order valence-electron chi connectivity index (χ1n) is 5.58. The van der Waals surface area contributed by atoms with E-state index in [4.69, 9.17) is 16.3 Å². The van der Waals surface area contributed by atoms with Crippen molar-refractivity contribution >= 4 is 23.4 Å². The van der Waals surface area contributed by atoms with E-state index in [0.717, 1.165) is 0 Å². The molecule has 0 aromatic heterocycles. The zero-order valence-corrected chi connectivity index (χ0v) is 10.6. The Morgan fingerprint density at radius 1 is 1.56 bits per heavy atom. The van der Waals surface area contributed by atoms with Gasteiger partial charge >= 0.3 is 5.97 Å². The number of esters is 1. The molecule has 18 heavy (non-hydrogen) atoms. The number of halogens is 2. The molecule has 1 aromatic carbocycles. The Kier molecular flexibility index (Phi) is 3.39. The molecule has 2 rings (SSSR count). The number of hydrogen-bond acceptors (Lipinski definition) is 3. The molecule has 1 unspecified atom stereocenters. The Hall–Kier alpha value is -1.42. The average molecular weight is 271 g/mol. The summed E-state index contributed by atoms with van der Waals surface area (Å²) < 4.78 is 17.9. The largest absolute Gasteiger partial charge is 0.465 e. The predicted octanol–water partition coefficient (Wildman–Crippen LogP) is 2.54. The van der Waals surface area contributed by atoms with Crippen LogP contribution in [0.1, 0.15) is 18.9 Å². The van der Waals surface area contributed by atoms with Crippen molar-refractivity contribution in [3.05, 3.63) is 34.6 Å². The summed E-state index contributed by atoms with van der Waals surface area (Å²) in [5, 5.41) is -0.0161. The summed E-state index contributed by atoms with van der Waals surface area (Å²) in [6, 6.07) is 4.19. The monoisotopic (exact) mass is 270 g/mol. The van der Waals surface area contributed by atoms with Crippen molar-refractivity contribution in [3.8, 4) is 0 Å². The van der Waals surface area contributed by atoms with Crippen LogP contribution in [0.25, 0.3) is 0 Å². The lowest BCUT2D eigenvalue weighted by Gasteiger charge is -2.21. The molecule has 1 aliphatic heterocycles. The first-order valence-corrected chi connectivity index (χ1v) is 5.96. The molecule has 1 heterocycles. The molecule has 1 atom stereocenters. The van der Waals surface area contributed by atoms with E-state index >= 15 is 0 Å². The number of ketones is 1. The first-order chi connectivity index (χ1) is 8.45. The number of benzene rings is 1. The maximum absolute atomic E-state index is 13.1. The maximum atomic E-state index is 13.1. The Balaban J connectivity index is 2.32. The number of hydrogen-bond donors (Lipinski definition) is 0. The molecule has 1 aliphatic rings. The summed E-state index contributed by atoms with van der Waals surface area (Å²) in [4.78, 5) is 23.5. The summed E-state index contributed by atoms with van der Waals surface area (Å²) in [6.45, 7) is 1.62. The summed E-state index contributed by atoms with van der Waals surface area (Å²) in [5.41, 5.74) is -0.489. The van der Waals surface area contributed by atoms with Gasteiger partial charge in [-0.1, -0.05) is 17.7 Å². The van der Waals surface area contributed by atoms with E-state index in [9.17, 15) is 14.0 Å². The molecule has 0 bridgehead atoms. The van der Waals surface area contributed by atoms with Gasteiger partial charge in [-0.2, -0.15) is 0 Å². The molecule has 5 heteroatoms. The van der Waals surface area contributed by atoms with Crippen molar-refractivity contribution in [2.45, 2.75) is 19.8 Å². The summed E-state index contributed by atoms with van der Waals surface area (Å²) in [6.07, 6.45) is 0.553. The Morgan fingerprint density at radius 3 is 2.78 bits per heavy atom. The van der Waals surface area contributed by atoms with Gasteiger partial charge in [0.2, 0.25) is 0 Å². The third-order valence-corrected chi connectivity index (χ3v) is 3.61. The lowest BCUT2D eigenvalue weighted by molar-refractivity contribution is -0.150. The molecular formula is C13H12ClFO3. The highest BCUT2D eigenvalue weighted by molar-refractivity contribution is 6.30. The zero-order valence-electron chi connectivity index (χ0n) is 9.83. The standard InChI is InChI=1S/C13H12ClFO3/c1-8(16)13(4-5-18-12(13)17)7-9-2-3-11(15)10(14)6-9/h2-3,6H,4-5,7H2,1H3. The fourth-order valence-electron chi connectivity index (χ4n) is 2.16. The SMILES string of the molecule is CC(=O)C1(Cc2ccc(F)c(Cl)c2)CCOC1=O. The van der Waals surface area contributed by atoms with Crippen molar-refractivity contribution in [1.29, 1.82) is 0 Å². The molecule has 0 saturated carbocycles. The molecular weight excluding hydrogens is 259 g/mol. The topological polar surface area (TPSA) is 43.4 Å². The van der Waals surface area contributed by atoms with Crippen LogP contribution in [-0.4, -0.2) is 18.4 Å². The molecule has 0 N–H and O–H groups in total. The van der Waals surface area contributed by atoms with Crippen molar-refractivity contribution in [3.63, 3.8) is 0 Å². The van der Waals surface area contributed by atoms with E-state index in [-0.39, 0.29) is 23.8 Å². The third-order valence-electron chi connectivity index (χ3n) is 3.32. The second-order valence-corrected chi connectivity index (χ2v) is 4.86. The third kappa shape index (κ3) is 2.12. The lowest BCUT2D eigenvalue weighted by atomic mass is 9.77. The van der Waals surface area contributed by atoms with E-state index in [1.54, 1.807) is 0 Å². The molecule has 0 amide bonds. The quantitative estimate of drug-likeness (QED) is 0.626. The minimum atomic E-state index is -1.14. The van der Waals surface area contributed by atoms with Crippen molar-refractivity contribution in [1.82, 2.24) is 0 Å². The molecule has 0 radical (unpaired) electrons. The predicted molar refractivity (Wildman–Crippen MR) is 63.8 cm³/mol. The average Bonchev–Trinajstić information content (AvgIpc) is 2.67. The van der Waals surface area contributed by atoms with E-state index < -0.39 is 17.2 Å². The second kappa shape index (κ2) is 4.69. The normalized spacial score (nSPS) is 22.9. The van der Waals surface area contributed by atoms with Gasteiger partial charge in [-0.3, -0.25) is 9.59 Å². The van der Waals surface area contributed by atoms with Gasteiger partial charge in [0, 0.05) is 6.42 Å². The van der Waals surface area contributed by atoms with Gasteiger partial charge in [0.1, 0.15) is 17.0 Å². The number of rotatable bonds is 3. The van der Waals surface area contributed by atoms with Crippen molar-refractivity contribution in [2.75, 3.05) is 6.61 Å². The summed E-state index contributed by atoms with van der Waals surface area (Å²) >= 11 is 5.68. The van der Waals surface area contributed by atoms with Crippen LogP contribution in [-0.2, 0) is 20.7 Å². The van der Waals surface area contributed by atoms with Gasteiger partial charge < -0.3 is 4.74 Å². The van der Waals surface area contributed by atoms with E-state index in [0.29, 0.717) is 12.0 Å². The number of Topliss-reactive ketones (excluding diaryl/α,β-unsaturated/α-hetero) is 1. The van der Waals surface area contributed by atoms with Gasteiger partial charge in [0.25, 0.3) is 0 Å². The van der Waals surface area contributed by atoms with Crippen molar-refractivity contribution < 1.29 is 18.7 Å². The summed E-state index contributed by atoms with van der Waals surface area (Å²) in [5.74, 6) is -1.26. The van der Waals surface area contributed by atoms with Gasteiger partial charge in [-0.05, 0) is 31.0 Å². The minimum absolute atomic E-state index is 0.0161. The number of carbonyl (C=O) groups excluding carboxylic acids is 2. The van der Waals surface area contributed by atoms with Gasteiger partial charge in [-0.25, -0.2) is 4.39 Å². The minimum Gasteiger partial charge on any atom is -0.465 e. The number of cyclic esters (lactones) is 1. The van der Waals surface area contributed by atoms with Gasteiger partial charge in [0.15, 0.2) is 0 Å². The Bertz CT molecular complexity index is 515. The maximum Gasteiger partial charge on any atom is 0.320 e. The second-order valence-electron chi connectivity index (χ2n) is 4.45. The van der Waals surface area contributed by atoms with Crippen LogP contribution >= 0.6 is 11.6 Å². The first kappa shape index (κ1) is 13.0. The molecule has 0 aliphatic carbocycles. The van der Waals surface area contributed by atoms with Crippen LogP contribution in [0.2, 0.25) is 5.02 Å². The van der Waals surface area contributed by atoms with E-state index in [2.05, 4.69) is 0 Å². The van der Waals surface area contributed by atoms with Gasteiger partial charge in [0.05, 0.1) is 11.6 Å². The van der Waals surface area contributed by atoms with Gasteiger partial charge in [-0.15, -0.1) is 0 Å². The molecule has 1 fully saturated rings.